The van der Waals surface area contributed by atoms with Crippen LogP contribution in [0.2, 0.25) is 0 Å². The standard InChI is InChI=1S/C42H77NO3/c1-4-5-6-7-8-9-10-11-17-20-23-26-29-32-35-38-41(46-42(44)45)39-36-33-30-27-24-21-18-15-13-12-14-16-19-22-25-28-31-34-37-40-43(2)3/h8-9,11-12,14-15,17-18,41H,4-7,10,13,16,19-40H2,1-3H3,(H,44,45)/b9-8-,14-12-,17-11-,18-15-. The first-order chi connectivity index (χ1) is 22.6. The number of carbonyl (C=O) groups is 1. The molecule has 0 bridgehead atoms. The molecule has 0 radical (unpaired) electrons. The topological polar surface area (TPSA) is 49.8 Å². The Morgan fingerprint density at radius 1 is 0.522 bits per heavy atom. The third-order valence-electron chi connectivity index (χ3n) is 8.72. The van der Waals surface area contributed by atoms with E-state index >= 15 is 0 Å². The maximum Gasteiger partial charge on any atom is 0.506 e. The lowest BCUT2D eigenvalue weighted by Gasteiger charge is -2.15. The van der Waals surface area contributed by atoms with Crippen molar-refractivity contribution in [1.29, 1.82) is 0 Å². The third kappa shape index (κ3) is 38.4. The summed E-state index contributed by atoms with van der Waals surface area (Å²) in [5.74, 6) is 0. The molecule has 0 aromatic heterocycles. The molecule has 0 heterocycles. The Bertz CT molecular complexity index is 739. The Hall–Kier alpha value is -1.81. The fourth-order valence-electron chi connectivity index (χ4n) is 5.83. The average Bonchev–Trinajstić information content (AvgIpc) is 3.03. The summed E-state index contributed by atoms with van der Waals surface area (Å²) in [5, 5.41) is 9.14. The van der Waals surface area contributed by atoms with E-state index in [1.165, 1.54) is 148 Å². The van der Waals surface area contributed by atoms with Gasteiger partial charge in [-0.2, -0.15) is 0 Å². The summed E-state index contributed by atoms with van der Waals surface area (Å²) in [7, 11) is 4.32. The first-order valence-electron chi connectivity index (χ1n) is 19.7. The normalized spacial score (nSPS) is 13.0. The van der Waals surface area contributed by atoms with Crippen LogP contribution in [0.5, 0.6) is 0 Å². The van der Waals surface area contributed by atoms with Crippen molar-refractivity contribution in [3.8, 4) is 0 Å². The molecule has 0 aromatic carbocycles. The minimum atomic E-state index is -1.12. The highest BCUT2D eigenvalue weighted by molar-refractivity contribution is 5.57. The van der Waals surface area contributed by atoms with Crippen molar-refractivity contribution in [2.75, 3.05) is 20.6 Å². The van der Waals surface area contributed by atoms with E-state index in [2.05, 4.69) is 74.5 Å². The van der Waals surface area contributed by atoms with Gasteiger partial charge in [0, 0.05) is 0 Å². The van der Waals surface area contributed by atoms with Crippen LogP contribution in [0.15, 0.2) is 48.6 Å². The van der Waals surface area contributed by atoms with Crippen molar-refractivity contribution in [3.63, 3.8) is 0 Å². The third-order valence-corrected chi connectivity index (χ3v) is 8.72. The van der Waals surface area contributed by atoms with Gasteiger partial charge in [-0.05, 0) is 117 Å². The molecule has 0 rings (SSSR count). The minimum Gasteiger partial charge on any atom is -0.450 e. The van der Waals surface area contributed by atoms with E-state index in [0.29, 0.717) is 0 Å². The SMILES string of the molecule is CCCCC/C=C\C/C=C\CCCCCCCC(CCCCCCC/C=C\C/C=C\CCCCCCCCCN(C)C)OC(=O)O. The number of unbranched alkanes of at least 4 members (excludes halogenated alkanes) is 20. The Labute approximate surface area is 287 Å². The van der Waals surface area contributed by atoms with E-state index in [-0.39, 0.29) is 6.10 Å². The second-order valence-electron chi connectivity index (χ2n) is 13.6. The van der Waals surface area contributed by atoms with E-state index < -0.39 is 6.16 Å². The summed E-state index contributed by atoms with van der Waals surface area (Å²) in [4.78, 5) is 13.4. The first kappa shape index (κ1) is 44.2. The maximum absolute atomic E-state index is 11.1. The minimum absolute atomic E-state index is 0.130. The van der Waals surface area contributed by atoms with Gasteiger partial charge < -0.3 is 14.7 Å². The van der Waals surface area contributed by atoms with Crippen molar-refractivity contribution in [2.24, 2.45) is 0 Å². The van der Waals surface area contributed by atoms with Crippen LogP contribution in [0.25, 0.3) is 0 Å². The molecule has 46 heavy (non-hydrogen) atoms. The summed E-state index contributed by atoms with van der Waals surface area (Å²) in [6, 6.07) is 0. The molecule has 1 N–H and O–H groups in total. The summed E-state index contributed by atoms with van der Waals surface area (Å²) in [6.07, 6.45) is 51.4. The average molecular weight is 644 g/mol. The zero-order valence-corrected chi connectivity index (χ0v) is 30.9. The lowest BCUT2D eigenvalue weighted by molar-refractivity contribution is 0.0422. The number of hydrogen-bond acceptors (Lipinski definition) is 3. The second kappa shape index (κ2) is 37.6. The monoisotopic (exact) mass is 644 g/mol. The van der Waals surface area contributed by atoms with Gasteiger partial charge in [0.05, 0.1) is 0 Å². The predicted octanol–water partition coefficient (Wildman–Crippen LogP) is 13.8. The van der Waals surface area contributed by atoms with Gasteiger partial charge in [0.25, 0.3) is 0 Å². The Kier molecular flexibility index (Phi) is 36.2. The Morgan fingerprint density at radius 3 is 1.24 bits per heavy atom. The highest BCUT2D eigenvalue weighted by Gasteiger charge is 2.13. The quantitative estimate of drug-likeness (QED) is 0.0424. The molecular weight excluding hydrogens is 566 g/mol. The van der Waals surface area contributed by atoms with Crippen LogP contribution >= 0.6 is 0 Å². The summed E-state index contributed by atoms with van der Waals surface area (Å²) >= 11 is 0. The molecule has 0 amide bonds. The number of hydrogen-bond donors (Lipinski definition) is 1. The van der Waals surface area contributed by atoms with Gasteiger partial charge in [0.1, 0.15) is 6.10 Å². The van der Waals surface area contributed by atoms with Crippen LogP contribution in [0.4, 0.5) is 4.79 Å². The second-order valence-corrected chi connectivity index (χ2v) is 13.6. The van der Waals surface area contributed by atoms with E-state index in [9.17, 15) is 4.79 Å². The molecular formula is C42H77NO3. The number of nitrogens with zero attached hydrogens (tertiary/aromatic N) is 1. The predicted molar refractivity (Wildman–Crippen MR) is 203 cm³/mol. The van der Waals surface area contributed by atoms with Crippen molar-refractivity contribution < 1.29 is 14.6 Å². The summed E-state index contributed by atoms with van der Waals surface area (Å²) < 4.78 is 5.20. The largest absolute Gasteiger partial charge is 0.506 e. The smallest absolute Gasteiger partial charge is 0.450 e. The molecule has 0 aliphatic rings. The van der Waals surface area contributed by atoms with E-state index in [1.54, 1.807) is 0 Å². The van der Waals surface area contributed by atoms with Gasteiger partial charge in [0.2, 0.25) is 0 Å². The van der Waals surface area contributed by atoms with Crippen LogP contribution in [0.1, 0.15) is 187 Å². The molecule has 0 saturated carbocycles. The zero-order valence-electron chi connectivity index (χ0n) is 30.9. The molecule has 0 fully saturated rings. The van der Waals surface area contributed by atoms with Crippen molar-refractivity contribution in [1.82, 2.24) is 4.90 Å². The van der Waals surface area contributed by atoms with Crippen LogP contribution in [-0.2, 0) is 4.74 Å². The Balaban J connectivity index is 3.61. The van der Waals surface area contributed by atoms with Crippen LogP contribution in [0.3, 0.4) is 0 Å². The first-order valence-corrected chi connectivity index (χ1v) is 19.7. The van der Waals surface area contributed by atoms with Gasteiger partial charge in [0.15, 0.2) is 0 Å². The number of rotatable bonds is 35. The zero-order chi connectivity index (χ0) is 33.6. The Morgan fingerprint density at radius 2 is 0.870 bits per heavy atom. The molecule has 0 aliphatic carbocycles. The van der Waals surface area contributed by atoms with Gasteiger partial charge in [-0.15, -0.1) is 0 Å². The van der Waals surface area contributed by atoms with Gasteiger partial charge in [-0.3, -0.25) is 0 Å². The van der Waals surface area contributed by atoms with E-state index in [0.717, 1.165) is 38.5 Å². The van der Waals surface area contributed by atoms with E-state index in [1.807, 2.05) is 0 Å². The fourth-order valence-corrected chi connectivity index (χ4v) is 5.83. The van der Waals surface area contributed by atoms with Crippen LogP contribution in [0, 0.1) is 0 Å². The summed E-state index contributed by atoms with van der Waals surface area (Å²) in [5.41, 5.74) is 0. The van der Waals surface area contributed by atoms with Crippen LogP contribution < -0.4 is 0 Å². The highest BCUT2D eigenvalue weighted by Crippen LogP contribution is 2.17. The summed E-state index contributed by atoms with van der Waals surface area (Å²) in [6.45, 7) is 3.48. The van der Waals surface area contributed by atoms with Crippen molar-refractivity contribution in [2.45, 2.75) is 193 Å². The van der Waals surface area contributed by atoms with Gasteiger partial charge in [-0.1, -0.05) is 139 Å². The fraction of sp³-hybridized carbons (Fsp3) is 0.786. The molecule has 0 saturated heterocycles. The maximum atomic E-state index is 11.1. The molecule has 0 aliphatic heterocycles. The van der Waals surface area contributed by atoms with E-state index in [4.69, 9.17) is 9.84 Å². The van der Waals surface area contributed by atoms with Gasteiger partial charge in [-0.25, -0.2) is 4.79 Å². The molecule has 268 valence electrons. The van der Waals surface area contributed by atoms with Crippen molar-refractivity contribution >= 4 is 6.16 Å². The van der Waals surface area contributed by atoms with Crippen molar-refractivity contribution in [3.05, 3.63) is 48.6 Å². The number of ether oxygens (including phenoxy) is 1. The molecule has 1 unspecified atom stereocenters. The van der Waals surface area contributed by atoms with Gasteiger partial charge >= 0.3 is 6.16 Å². The number of carboxylic acid groups (broad SMARTS) is 1. The molecule has 1 atom stereocenters. The molecule has 4 nitrogen and oxygen atoms in total. The van der Waals surface area contributed by atoms with Crippen LogP contribution in [-0.4, -0.2) is 42.9 Å². The molecule has 0 aromatic rings. The highest BCUT2D eigenvalue weighted by atomic mass is 16.7. The molecule has 4 heteroatoms. The lowest BCUT2D eigenvalue weighted by atomic mass is 10.0. The molecule has 0 spiro atoms. The number of allylic oxidation sites excluding steroid dienone is 8. The lowest BCUT2D eigenvalue weighted by Crippen LogP contribution is -2.16.